The molecule has 0 fully saturated rings. The SMILES string of the molecule is C#CCCC(=O)OCCCCCCC. The quantitative estimate of drug-likeness (QED) is 0.339. The minimum atomic E-state index is -0.168. The number of rotatable bonds is 8. The molecule has 0 amide bonds. The van der Waals surface area contributed by atoms with Gasteiger partial charge in [0.25, 0.3) is 0 Å². The van der Waals surface area contributed by atoms with Crippen LogP contribution in [0.4, 0.5) is 0 Å². The van der Waals surface area contributed by atoms with Crippen LogP contribution in [-0.2, 0) is 9.53 Å². The molecule has 0 saturated carbocycles. The number of esters is 1. The number of hydrogen-bond acceptors (Lipinski definition) is 2. The highest BCUT2D eigenvalue weighted by Crippen LogP contribution is 2.02. The lowest BCUT2D eigenvalue weighted by Gasteiger charge is -2.02. The average Bonchev–Trinajstić information content (AvgIpc) is 2.20. The lowest BCUT2D eigenvalue weighted by molar-refractivity contribution is -0.143. The third kappa shape index (κ3) is 9.12. The number of unbranched alkanes of at least 4 members (excludes halogenated alkanes) is 4. The first-order valence-corrected chi connectivity index (χ1v) is 5.40. The molecule has 0 radical (unpaired) electrons. The molecule has 0 spiro atoms. The molecule has 80 valence electrons. The molecule has 0 atom stereocenters. The molecule has 0 rings (SSSR count). The maximum absolute atomic E-state index is 11.0. The van der Waals surface area contributed by atoms with Crippen molar-refractivity contribution in [2.45, 2.75) is 51.9 Å². The van der Waals surface area contributed by atoms with Gasteiger partial charge in [-0.05, 0) is 6.42 Å². The fraction of sp³-hybridized carbons (Fsp3) is 0.750. The third-order valence-electron chi connectivity index (χ3n) is 1.98. The Balaban J connectivity index is 3.11. The van der Waals surface area contributed by atoms with Gasteiger partial charge in [-0.2, -0.15) is 0 Å². The number of carbonyl (C=O) groups excluding carboxylic acids is 1. The van der Waals surface area contributed by atoms with Crippen LogP contribution in [0, 0.1) is 12.3 Å². The summed E-state index contributed by atoms with van der Waals surface area (Å²) < 4.78 is 4.99. The second-order valence-corrected chi connectivity index (χ2v) is 3.34. The van der Waals surface area contributed by atoms with E-state index in [9.17, 15) is 4.79 Å². The molecule has 0 aliphatic rings. The van der Waals surface area contributed by atoms with Crippen molar-refractivity contribution in [3.05, 3.63) is 0 Å². The van der Waals surface area contributed by atoms with E-state index in [0.29, 0.717) is 19.4 Å². The second kappa shape index (κ2) is 10.1. The summed E-state index contributed by atoms with van der Waals surface area (Å²) in [6, 6.07) is 0. The predicted octanol–water partition coefficient (Wildman–Crippen LogP) is 2.91. The van der Waals surface area contributed by atoms with Crippen LogP contribution in [0.5, 0.6) is 0 Å². The molecule has 2 heteroatoms. The molecule has 0 aliphatic heterocycles. The summed E-state index contributed by atoms with van der Waals surface area (Å²) in [6.07, 6.45) is 11.7. The van der Waals surface area contributed by atoms with Crippen LogP contribution in [-0.4, -0.2) is 12.6 Å². The van der Waals surface area contributed by atoms with Gasteiger partial charge in [0, 0.05) is 6.42 Å². The zero-order chi connectivity index (χ0) is 10.6. The van der Waals surface area contributed by atoms with E-state index < -0.39 is 0 Å². The van der Waals surface area contributed by atoms with Crippen molar-refractivity contribution in [2.75, 3.05) is 6.61 Å². The van der Waals surface area contributed by atoms with E-state index >= 15 is 0 Å². The highest BCUT2D eigenvalue weighted by Gasteiger charge is 1.99. The van der Waals surface area contributed by atoms with Gasteiger partial charge in [0.2, 0.25) is 0 Å². The van der Waals surface area contributed by atoms with Crippen LogP contribution in [0.1, 0.15) is 51.9 Å². The van der Waals surface area contributed by atoms with Gasteiger partial charge in [-0.15, -0.1) is 12.3 Å². The molecule has 14 heavy (non-hydrogen) atoms. The smallest absolute Gasteiger partial charge is 0.306 e. The molecule has 0 unspecified atom stereocenters. The second-order valence-electron chi connectivity index (χ2n) is 3.34. The summed E-state index contributed by atoms with van der Waals surface area (Å²) in [5.41, 5.74) is 0. The van der Waals surface area contributed by atoms with Crippen molar-refractivity contribution >= 4 is 5.97 Å². The summed E-state index contributed by atoms with van der Waals surface area (Å²) in [7, 11) is 0. The normalized spacial score (nSPS) is 9.43. The molecule has 2 nitrogen and oxygen atoms in total. The first-order valence-electron chi connectivity index (χ1n) is 5.40. The highest BCUT2D eigenvalue weighted by atomic mass is 16.5. The van der Waals surface area contributed by atoms with Gasteiger partial charge in [0.15, 0.2) is 0 Å². The van der Waals surface area contributed by atoms with E-state index in [2.05, 4.69) is 12.8 Å². The molecule has 0 heterocycles. The molecule has 0 aromatic rings. The average molecular weight is 196 g/mol. The van der Waals surface area contributed by atoms with E-state index in [0.717, 1.165) is 12.8 Å². The van der Waals surface area contributed by atoms with E-state index in [1.165, 1.54) is 19.3 Å². The highest BCUT2D eigenvalue weighted by molar-refractivity contribution is 5.69. The minimum Gasteiger partial charge on any atom is -0.466 e. The zero-order valence-corrected chi connectivity index (χ0v) is 9.05. The fourth-order valence-corrected chi connectivity index (χ4v) is 1.14. The van der Waals surface area contributed by atoms with Crippen molar-refractivity contribution in [3.8, 4) is 12.3 Å². The van der Waals surface area contributed by atoms with Gasteiger partial charge < -0.3 is 4.74 Å². The molecule has 0 aromatic heterocycles. The number of hydrogen-bond donors (Lipinski definition) is 0. The van der Waals surface area contributed by atoms with Gasteiger partial charge in [-0.3, -0.25) is 4.79 Å². The molecular weight excluding hydrogens is 176 g/mol. The van der Waals surface area contributed by atoms with E-state index in [-0.39, 0.29) is 5.97 Å². The lowest BCUT2D eigenvalue weighted by Crippen LogP contribution is -2.05. The molecule has 0 saturated heterocycles. The van der Waals surface area contributed by atoms with Crippen molar-refractivity contribution in [3.63, 3.8) is 0 Å². The van der Waals surface area contributed by atoms with Crippen molar-refractivity contribution in [1.82, 2.24) is 0 Å². The monoisotopic (exact) mass is 196 g/mol. The molecule has 0 bridgehead atoms. The van der Waals surface area contributed by atoms with Gasteiger partial charge in [-0.25, -0.2) is 0 Å². The lowest BCUT2D eigenvalue weighted by atomic mass is 10.2. The maximum atomic E-state index is 11.0. The Hall–Kier alpha value is -0.970. The zero-order valence-electron chi connectivity index (χ0n) is 9.05. The molecular formula is C12H20O2. The summed E-state index contributed by atoms with van der Waals surface area (Å²) >= 11 is 0. The number of terminal acetylenes is 1. The Kier molecular flexibility index (Phi) is 9.41. The van der Waals surface area contributed by atoms with Crippen LogP contribution in [0.3, 0.4) is 0 Å². The van der Waals surface area contributed by atoms with Crippen LogP contribution in [0.15, 0.2) is 0 Å². The van der Waals surface area contributed by atoms with E-state index in [1.807, 2.05) is 0 Å². The topological polar surface area (TPSA) is 26.3 Å². The van der Waals surface area contributed by atoms with E-state index in [1.54, 1.807) is 0 Å². The number of carbonyl (C=O) groups is 1. The Morgan fingerprint density at radius 1 is 1.29 bits per heavy atom. The fourth-order valence-electron chi connectivity index (χ4n) is 1.14. The van der Waals surface area contributed by atoms with Crippen LogP contribution in [0.2, 0.25) is 0 Å². The van der Waals surface area contributed by atoms with Crippen LogP contribution >= 0.6 is 0 Å². The van der Waals surface area contributed by atoms with Crippen LogP contribution in [0.25, 0.3) is 0 Å². The summed E-state index contributed by atoms with van der Waals surface area (Å²) in [4.78, 5) is 11.0. The van der Waals surface area contributed by atoms with Gasteiger partial charge in [0.05, 0.1) is 13.0 Å². The minimum absolute atomic E-state index is 0.168. The van der Waals surface area contributed by atoms with E-state index in [4.69, 9.17) is 11.2 Å². The molecule has 0 N–H and O–H groups in total. The number of ether oxygens (including phenoxy) is 1. The van der Waals surface area contributed by atoms with Gasteiger partial charge >= 0.3 is 5.97 Å². The largest absolute Gasteiger partial charge is 0.466 e. The Bertz CT molecular complexity index is 179. The first-order chi connectivity index (χ1) is 6.81. The van der Waals surface area contributed by atoms with Crippen molar-refractivity contribution < 1.29 is 9.53 Å². The molecule has 0 aliphatic carbocycles. The molecule has 0 aromatic carbocycles. The standard InChI is InChI=1S/C12H20O2/c1-3-5-7-8-9-11-14-12(13)10-6-4-2/h2H,3,5-11H2,1H3. The van der Waals surface area contributed by atoms with Crippen molar-refractivity contribution in [2.24, 2.45) is 0 Å². The Morgan fingerprint density at radius 2 is 2.00 bits per heavy atom. The van der Waals surface area contributed by atoms with Crippen LogP contribution < -0.4 is 0 Å². The van der Waals surface area contributed by atoms with Gasteiger partial charge in [0.1, 0.15) is 0 Å². The summed E-state index contributed by atoms with van der Waals surface area (Å²) in [5.74, 6) is 2.25. The van der Waals surface area contributed by atoms with Crippen molar-refractivity contribution in [1.29, 1.82) is 0 Å². The first kappa shape index (κ1) is 13.0. The maximum Gasteiger partial charge on any atom is 0.306 e. The predicted molar refractivity (Wildman–Crippen MR) is 57.8 cm³/mol. The van der Waals surface area contributed by atoms with Gasteiger partial charge in [-0.1, -0.05) is 32.6 Å². The Morgan fingerprint density at radius 3 is 2.64 bits per heavy atom. The summed E-state index contributed by atoms with van der Waals surface area (Å²) in [6.45, 7) is 2.73. The summed E-state index contributed by atoms with van der Waals surface area (Å²) in [5, 5.41) is 0. The Labute approximate surface area is 87.0 Å². The third-order valence-corrected chi connectivity index (χ3v) is 1.98.